The normalized spacial score (nSPS) is 11.7. The largest absolute Gasteiger partial charge is 0.477 e. The second kappa shape index (κ2) is 6.62. The van der Waals surface area contributed by atoms with Crippen molar-refractivity contribution in [3.05, 3.63) is 14.7 Å². The summed E-state index contributed by atoms with van der Waals surface area (Å²) in [6, 6.07) is 1.12. The van der Waals surface area contributed by atoms with Crippen LogP contribution in [0.15, 0.2) is 14.7 Å². The van der Waals surface area contributed by atoms with Crippen molar-refractivity contribution in [2.45, 2.75) is 17.7 Å². The van der Waals surface area contributed by atoms with E-state index in [0.29, 0.717) is 12.8 Å². The molecule has 3 N–H and O–H groups in total. The van der Waals surface area contributed by atoms with Crippen molar-refractivity contribution < 1.29 is 23.4 Å². The molecule has 0 spiro atoms. The number of carboxylic acids is 1. The van der Waals surface area contributed by atoms with E-state index in [9.17, 15) is 13.2 Å². The van der Waals surface area contributed by atoms with Gasteiger partial charge in [-0.15, -0.1) is 11.3 Å². The fourth-order valence-corrected chi connectivity index (χ4v) is 4.64. The van der Waals surface area contributed by atoms with Gasteiger partial charge in [0.15, 0.2) is 0 Å². The molecule has 0 aromatic carbocycles. The molecule has 0 unspecified atom stereocenters. The molecule has 0 amide bonds. The molecule has 0 aliphatic rings. The van der Waals surface area contributed by atoms with Crippen LogP contribution in [0.2, 0.25) is 0 Å². The van der Waals surface area contributed by atoms with Gasteiger partial charge < -0.3 is 10.2 Å². The van der Waals surface area contributed by atoms with E-state index in [0.717, 1.165) is 17.4 Å². The monoisotopic (exact) mass is 357 g/mol. The Kier molecular flexibility index (Phi) is 5.73. The third-order valence-corrected chi connectivity index (χ3v) is 5.73. The highest BCUT2D eigenvalue weighted by molar-refractivity contribution is 9.11. The van der Waals surface area contributed by atoms with Crippen LogP contribution in [0.5, 0.6) is 0 Å². The Balaban J connectivity index is 2.81. The number of rotatable bonds is 7. The quantitative estimate of drug-likeness (QED) is 0.637. The average molecular weight is 358 g/mol. The number of nitrogens with one attached hydrogen (secondary N) is 1. The summed E-state index contributed by atoms with van der Waals surface area (Å²) in [6.07, 6.45) is 1.02. The van der Waals surface area contributed by atoms with Gasteiger partial charge in [0.05, 0.1) is 3.79 Å². The molecular formula is C9H12BrNO5S2. The first-order valence-electron chi connectivity index (χ1n) is 5.01. The van der Waals surface area contributed by atoms with Gasteiger partial charge in [0.25, 0.3) is 0 Å². The first-order valence-corrected chi connectivity index (χ1v) is 8.11. The van der Waals surface area contributed by atoms with E-state index in [1.807, 2.05) is 0 Å². The summed E-state index contributed by atoms with van der Waals surface area (Å²) in [6.45, 7) is 0.209. The van der Waals surface area contributed by atoms with Crippen molar-refractivity contribution in [1.29, 1.82) is 0 Å². The molecule has 0 aliphatic heterocycles. The number of unbranched alkanes of at least 4 members (excludes halogenated alkanes) is 1. The Morgan fingerprint density at radius 1 is 1.44 bits per heavy atom. The van der Waals surface area contributed by atoms with Gasteiger partial charge in [-0.1, -0.05) is 0 Å². The zero-order valence-corrected chi connectivity index (χ0v) is 12.4. The van der Waals surface area contributed by atoms with Crippen LogP contribution in [0.3, 0.4) is 0 Å². The summed E-state index contributed by atoms with van der Waals surface area (Å²) in [5.74, 6) is -1.16. The van der Waals surface area contributed by atoms with Crippen LogP contribution >= 0.6 is 27.3 Å². The number of carboxylic acid groups (broad SMARTS) is 1. The molecule has 0 saturated carbocycles. The van der Waals surface area contributed by atoms with Crippen LogP contribution in [0.1, 0.15) is 22.5 Å². The third kappa shape index (κ3) is 4.02. The number of hydrogen-bond acceptors (Lipinski definition) is 5. The molecular weight excluding hydrogens is 346 g/mol. The molecule has 1 rings (SSSR count). The lowest BCUT2D eigenvalue weighted by atomic mass is 10.3. The highest BCUT2D eigenvalue weighted by Gasteiger charge is 2.22. The van der Waals surface area contributed by atoms with E-state index in [4.69, 9.17) is 10.2 Å². The van der Waals surface area contributed by atoms with Crippen LogP contribution in [0.4, 0.5) is 0 Å². The molecule has 0 aliphatic carbocycles. The van der Waals surface area contributed by atoms with E-state index in [1.54, 1.807) is 0 Å². The fraction of sp³-hybridized carbons (Fsp3) is 0.444. The first kappa shape index (κ1) is 15.6. The molecule has 0 saturated heterocycles. The maximum absolute atomic E-state index is 11.9. The van der Waals surface area contributed by atoms with Crippen molar-refractivity contribution in [3.63, 3.8) is 0 Å². The average Bonchev–Trinajstić information content (AvgIpc) is 2.68. The molecule has 1 aromatic heterocycles. The molecule has 9 heteroatoms. The maximum Gasteiger partial charge on any atom is 0.345 e. The van der Waals surface area contributed by atoms with Crippen LogP contribution < -0.4 is 4.72 Å². The van der Waals surface area contributed by atoms with Gasteiger partial charge in [0.2, 0.25) is 10.0 Å². The lowest BCUT2D eigenvalue weighted by Crippen LogP contribution is -2.24. The summed E-state index contributed by atoms with van der Waals surface area (Å²) in [4.78, 5) is 10.6. The molecule has 0 fully saturated rings. The topological polar surface area (TPSA) is 104 Å². The molecule has 0 bridgehead atoms. The van der Waals surface area contributed by atoms with E-state index in [2.05, 4.69) is 20.7 Å². The van der Waals surface area contributed by atoms with Gasteiger partial charge in [0.1, 0.15) is 9.77 Å². The maximum atomic E-state index is 11.9. The first-order chi connectivity index (χ1) is 8.38. The van der Waals surface area contributed by atoms with E-state index in [-0.39, 0.29) is 26.7 Å². The van der Waals surface area contributed by atoms with Crippen LogP contribution in [0, 0.1) is 0 Å². The van der Waals surface area contributed by atoms with Crippen molar-refractivity contribution in [2.75, 3.05) is 13.2 Å². The van der Waals surface area contributed by atoms with E-state index in [1.165, 1.54) is 0 Å². The van der Waals surface area contributed by atoms with Crippen molar-refractivity contribution >= 4 is 43.3 Å². The number of aliphatic hydroxyl groups excluding tert-OH is 1. The van der Waals surface area contributed by atoms with Gasteiger partial charge in [0, 0.05) is 13.2 Å². The zero-order chi connectivity index (χ0) is 13.8. The molecule has 0 atom stereocenters. The second-order valence-corrected chi connectivity index (χ2v) is 7.49. The molecule has 1 heterocycles. The number of thiophene rings is 1. The van der Waals surface area contributed by atoms with E-state index >= 15 is 0 Å². The van der Waals surface area contributed by atoms with Crippen molar-refractivity contribution in [3.8, 4) is 0 Å². The van der Waals surface area contributed by atoms with Crippen molar-refractivity contribution in [2.24, 2.45) is 0 Å². The van der Waals surface area contributed by atoms with Gasteiger partial charge in [-0.05, 0) is 34.8 Å². The highest BCUT2D eigenvalue weighted by atomic mass is 79.9. The minimum absolute atomic E-state index is 0.00698. The van der Waals surface area contributed by atoms with Crippen molar-refractivity contribution in [1.82, 2.24) is 4.72 Å². The lowest BCUT2D eigenvalue weighted by Gasteiger charge is -2.04. The summed E-state index contributed by atoms with van der Waals surface area (Å²) in [5, 5.41) is 17.4. The molecule has 1 aromatic rings. The van der Waals surface area contributed by atoms with Crippen LogP contribution in [0.25, 0.3) is 0 Å². The summed E-state index contributed by atoms with van der Waals surface area (Å²) in [7, 11) is -3.72. The molecule has 0 radical (unpaired) electrons. The number of aliphatic hydroxyl groups is 1. The number of hydrogen-bond donors (Lipinski definition) is 3. The molecule has 18 heavy (non-hydrogen) atoms. The molecule has 102 valence electrons. The lowest BCUT2D eigenvalue weighted by molar-refractivity contribution is 0.0702. The smallest absolute Gasteiger partial charge is 0.345 e. The number of sulfonamides is 1. The second-order valence-electron chi connectivity index (χ2n) is 3.38. The molecule has 6 nitrogen and oxygen atoms in total. The third-order valence-electron chi connectivity index (χ3n) is 2.03. The SMILES string of the molecule is O=C(O)c1cc(S(=O)(=O)NCCCCO)c(Br)s1. The number of aromatic carboxylic acids is 1. The minimum atomic E-state index is -3.72. The summed E-state index contributed by atoms with van der Waals surface area (Å²) < 4.78 is 26.3. The highest BCUT2D eigenvalue weighted by Crippen LogP contribution is 2.31. The van der Waals surface area contributed by atoms with Gasteiger partial charge in [-0.25, -0.2) is 17.9 Å². The summed E-state index contributed by atoms with van der Waals surface area (Å²) in [5.41, 5.74) is 0. The van der Waals surface area contributed by atoms with Gasteiger partial charge in [-0.2, -0.15) is 0 Å². The Morgan fingerprint density at radius 2 is 2.11 bits per heavy atom. The van der Waals surface area contributed by atoms with E-state index < -0.39 is 16.0 Å². The minimum Gasteiger partial charge on any atom is -0.477 e. The number of carbonyl (C=O) groups is 1. The Bertz CT molecular complexity index is 525. The fourth-order valence-electron chi connectivity index (χ4n) is 1.16. The van der Waals surface area contributed by atoms with Crippen LogP contribution in [-0.2, 0) is 10.0 Å². The predicted molar refractivity (Wildman–Crippen MR) is 70.5 cm³/mol. The Labute approximate surface area is 117 Å². The predicted octanol–water partition coefficient (Wildman–Crippen LogP) is 1.26. The Hall–Kier alpha value is -0.480. The Morgan fingerprint density at radius 3 is 2.61 bits per heavy atom. The standard InChI is InChI=1S/C9H12BrNO5S2/c10-8-7(5-6(17-8)9(13)14)18(15,16)11-3-1-2-4-12/h5,11-12H,1-4H2,(H,13,14). The number of halogens is 1. The zero-order valence-electron chi connectivity index (χ0n) is 9.22. The summed E-state index contributed by atoms with van der Waals surface area (Å²) >= 11 is 3.89. The van der Waals surface area contributed by atoms with Gasteiger partial charge >= 0.3 is 5.97 Å². The van der Waals surface area contributed by atoms with Gasteiger partial charge in [-0.3, -0.25) is 0 Å². The van der Waals surface area contributed by atoms with Crippen LogP contribution in [-0.4, -0.2) is 37.8 Å².